The predicted molar refractivity (Wildman–Crippen MR) is 89.4 cm³/mol. The smallest absolute Gasteiger partial charge is 0.410 e. The second-order valence-electron chi connectivity index (χ2n) is 7.94. The number of likely N-dealkylation sites (tertiary alicyclic amines) is 1. The monoisotopic (exact) mass is 328 g/mol. The van der Waals surface area contributed by atoms with Crippen LogP contribution in [0.1, 0.15) is 54.9 Å². The average molecular weight is 328 g/mol. The Hall–Kier alpha value is -1.30. The molecule has 0 unspecified atom stereocenters. The molecule has 1 heterocycles. The molecule has 0 aromatic heterocycles. The number of carbonyl (C=O) groups is 2. The van der Waals surface area contributed by atoms with Crippen molar-refractivity contribution in [1.82, 2.24) is 9.80 Å². The summed E-state index contributed by atoms with van der Waals surface area (Å²) in [5.41, 5.74) is -0.585. The van der Waals surface area contributed by atoms with Crippen LogP contribution in [-0.4, -0.2) is 63.8 Å². The van der Waals surface area contributed by atoms with Gasteiger partial charge in [-0.3, -0.25) is 9.69 Å². The predicted octanol–water partition coefficient (Wildman–Crippen LogP) is 2.82. The van der Waals surface area contributed by atoms with Gasteiger partial charge in [0.1, 0.15) is 5.60 Å². The van der Waals surface area contributed by atoms with Crippen molar-refractivity contribution in [1.29, 1.82) is 0 Å². The molecule has 1 saturated heterocycles. The number of carboxylic acids is 1. The summed E-state index contributed by atoms with van der Waals surface area (Å²) in [5.74, 6) is -1.41. The molecule has 23 heavy (non-hydrogen) atoms. The van der Waals surface area contributed by atoms with E-state index in [2.05, 4.69) is 32.6 Å². The summed E-state index contributed by atoms with van der Waals surface area (Å²) in [4.78, 5) is 27.7. The molecule has 0 saturated carbocycles. The maximum absolute atomic E-state index is 12.4. The average Bonchev–Trinajstić information content (AvgIpc) is 2.35. The van der Waals surface area contributed by atoms with Gasteiger partial charge in [-0.1, -0.05) is 0 Å². The topological polar surface area (TPSA) is 70.1 Å². The van der Waals surface area contributed by atoms with Crippen LogP contribution in [0.2, 0.25) is 0 Å². The number of carbonyl (C=O) groups excluding carboxylic acids is 1. The number of piperidine rings is 1. The molecule has 6 heteroatoms. The Bertz CT molecular complexity index is 421. The Kier molecular flexibility index (Phi) is 6.45. The number of carboxylic acid groups (broad SMARTS) is 1. The highest BCUT2D eigenvalue weighted by Gasteiger charge is 2.39. The summed E-state index contributed by atoms with van der Waals surface area (Å²) < 4.78 is 5.43. The Labute approximate surface area is 139 Å². The van der Waals surface area contributed by atoms with Crippen LogP contribution in [0.4, 0.5) is 4.79 Å². The molecular formula is C17H32N2O4. The van der Waals surface area contributed by atoms with Gasteiger partial charge in [0.25, 0.3) is 0 Å². The second-order valence-corrected chi connectivity index (χ2v) is 7.94. The minimum Gasteiger partial charge on any atom is -0.481 e. The normalized spacial score (nSPS) is 22.8. The third kappa shape index (κ3) is 5.68. The maximum atomic E-state index is 12.4. The SMILES string of the molecule is CC(C)N(C(C)C)[C@@H]1C[C@@H](C(=O)O)CN(C(=O)OC(C)(C)C)C1. The fourth-order valence-corrected chi connectivity index (χ4v) is 3.38. The van der Waals surface area contributed by atoms with E-state index in [0.717, 1.165) is 0 Å². The fourth-order valence-electron chi connectivity index (χ4n) is 3.38. The van der Waals surface area contributed by atoms with Crippen molar-refractivity contribution in [2.24, 2.45) is 5.92 Å². The molecule has 1 rings (SSSR count). The van der Waals surface area contributed by atoms with E-state index in [0.29, 0.717) is 13.0 Å². The van der Waals surface area contributed by atoms with E-state index >= 15 is 0 Å². The van der Waals surface area contributed by atoms with Gasteiger partial charge in [-0.15, -0.1) is 0 Å². The summed E-state index contributed by atoms with van der Waals surface area (Å²) in [7, 11) is 0. The highest BCUT2D eigenvalue weighted by atomic mass is 16.6. The largest absolute Gasteiger partial charge is 0.481 e. The van der Waals surface area contributed by atoms with E-state index < -0.39 is 23.6 Å². The lowest BCUT2D eigenvalue weighted by molar-refractivity contribution is -0.144. The van der Waals surface area contributed by atoms with Gasteiger partial charge >= 0.3 is 12.1 Å². The van der Waals surface area contributed by atoms with Crippen molar-refractivity contribution in [3.8, 4) is 0 Å². The number of aliphatic carboxylic acids is 1. The fraction of sp³-hybridized carbons (Fsp3) is 0.882. The number of amides is 1. The first-order valence-electron chi connectivity index (χ1n) is 8.40. The molecule has 1 fully saturated rings. The molecule has 0 radical (unpaired) electrons. The third-order valence-electron chi connectivity index (χ3n) is 4.04. The Morgan fingerprint density at radius 3 is 2.04 bits per heavy atom. The van der Waals surface area contributed by atoms with Crippen LogP contribution >= 0.6 is 0 Å². The first-order chi connectivity index (χ1) is 10.4. The van der Waals surface area contributed by atoms with Crippen LogP contribution in [-0.2, 0) is 9.53 Å². The van der Waals surface area contributed by atoms with Crippen LogP contribution in [0, 0.1) is 5.92 Å². The van der Waals surface area contributed by atoms with Crippen molar-refractivity contribution in [2.75, 3.05) is 13.1 Å². The molecule has 6 nitrogen and oxygen atoms in total. The maximum Gasteiger partial charge on any atom is 0.410 e. The summed E-state index contributed by atoms with van der Waals surface area (Å²) in [6, 6.07) is 0.596. The quantitative estimate of drug-likeness (QED) is 0.859. The van der Waals surface area contributed by atoms with Gasteiger partial charge in [0, 0.05) is 31.2 Å². The van der Waals surface area contributed by atoms with Crippen LogP contribution in [0.15, 0.2) is 0 Å². The van der Waals surface area contributed by atoms with Gasteiger partial charge in [0.05, 0.1) is 5.92 Å². The van der Waals surface area contributed by atoms with Gasteiger partial charge in [-0.25, -0.2) is 4.79 Å². The lowest BCUT2D eigenvalue weighted by atomic mass is 9.92. The Morgan fingerprint density at radius 1 is 1.13 bits per heavy atom. The highest BCUT2D eigenvalue weighted by Crippen LogP contribution is 2.26. The van der Waals surface area contributed by atoms with Crippen molar-refractivity contribution < 1.29 is 19.4 Å². The van der Waals surface area contributed by atoms with E-state index in [4.69, 9.17) is 4.74 Å². The molecule has 134 valence electrons. The molecule has 0 aliphatic carbocycles. The van der Waals surface area contributed by atoms with Crippen molar-refractivity contribution >= 4 is 12.1 Å². The van der Waals surface area contributed by atoms with E-state index in [1.807, 2.05) is 20.8 Å². The van der Waals surface area contributed by atoms with E-state index in [1.54, 1.807) is 4.90 Å². The molecule has 1 amide bonds. The van der Waals surface area contributed by atoms with Gasteiger partial charge in [-0.05, 0) is 54.9 Å². The van der Waals surface area contributed by atoms with E-state index in [9.17, 15) is 14.7 Å². The minimum atomic E-state index is -0.851. The molecule has 1 N–H and O–H groups in total. The molecule has 1 aliphatic rings. The third-order valence-corrected chi connectivity index (χ3v) is 4.04. The lowest BCUT2D eigenvalue weighted by Crippen LogP contribution is -2.57. The number of rotatable bonds is 4. The first-order valence-corrected chi connectivity index (χ1v) is 8.40. The number of hydrogen-bond donors (Lipinski definition) is 1. The molecule has 0 aromatic carbocycles. The lowest BCUT2D eigenvalue weighted by Gasteiger charge is -2.45. The Balaban J connectivity index is 2.96. The zero-order chi connectivity index (χ0) is 17.9. The van der Waals surface area contributed by atoms with Crippen LogP contribution in [0.3, 0.4) is 0 Å². The standard InChI is InChI=1S/C17H32N2O4/c1-11(2)19(12(3)4)14-8-13(15(20)21)9-18(10-14)16(22)23-17(5,6)7/h11-14H,8-10H2,1-7H3,(H,20,21)/t13-,14-/m1/s1. The van der Waals surface area contributed by atoms with Crippen LogP contribution < -0.4 is 0 Å². The summed E-state index contributed by atoms with van der Waals surface area (Å²) in [6.45, 7) is 14.6. The zero-order valence-electron chi connectivity index (χ0n) is 15.5. The molecule has 0 aromatic rings. The number of hydrogen-bond acceptors (Lipinski definition) is 4. The van der Waals surface area contributed by atoms with E-state index in [-0.39, 0.29) is 24.7 Å². The van der Waals surface area contributed by atoms with E-state index in [1.165, 1.54) is 0 Å². The summed E-state index contributed by atoms with van der Waals surface area (Å²) in [5, 5.41) is 9.45. The first kappa shape index (κ1) is 19.7. The zero-order valence-corrected chi connectivity index (χ0v) is 15.5. The molecule has 2 atom stereocenters. The molecule has 0 bridgehead atoms. The van der Waals surface area contributed by atoms with Crippen molar-refractivity contribution in [2.45, 2.75) is 78.6 Å². The number of nitrogens with zero attached hydrogens (tertiary/aromatic N) is 2. The van der Waals surface area contributed by atoms with Crippen molar-refractivity contribution in [3.05, 3.63) is 0 Å². The van der Waals surface area contributed by atoms with Gasteiger partial charge < -0.3 is 14.7 Å². The van der Waals surface area contributed by atoms with Gasteiger partial charge in [0.15, 0.2) is 0 Å². The number of ether oxygens (including phenoxy) is 1. The summed E-state index contributed by atoms with van der Waals surface area (Å²) in [6.07, 6.45) is 0.131. The molecule has 1 aliphatic heterocycles. The van der Waals surface area contributed by atoms with Crippen molar-refractivity contribution in [3.63, 3.8) is 0 Å². The van der Waals surface area contributed by atoms with Gasteiger partial charge in [-0.2, -0.15) is 0 Å². The second kappa shape index (κ2) is 7.51. The minimum absolute atomic E-state index is 0.0253. The summed E-state index contributed by atoms with van der Waals surface area (Å²) >= 11 is 0. The Morgan fingerprint density at radius 2 is 1.65 bits per heavy atom. The highest BCUT2D eigenvalue weighted by molar-refractivity contribution is 5.73. The van der Waals surface area contributed by atoms with Crippen LogP contribution in [0.5, 0.6) is 0 Å². The van der Waals surface area contributed by atoms with Crippen LogP contribution in [0.25, 0.3) is 0 Å². The molecule has 0 spiro atoms. The van der Waals surface area contributed by atoms with Gasteiger partial charge in [0.2, 0.25) is 0 Å². The molecular weight excluding hydrogens is 296 g/mol.